The van der Waals surface area contributed by atoms with Crippen LogP contribution in [0.3, 0.4) is 0 Å². The van der Waals surface area contributed by atoms with E-state index in [0.717, 1.165) is 21.7 Å². The first-order chi connectivity index (χ1) is 11.9. The van der Waals surface area contributed by atoms with Crippen LogP contribution in [0, 0.1) is 6.92 Å². The molecule has 0 unspecified atom stereocenters. The van der Waals surface area contributed by atoms with Gasteiger partial charge in [-0.1, -0.05) is 59.5 Å². The predicted octanol–water partition coefficient (Wildman–Crippen LogP) is 5.17. The molecule has 0 aliphatic heterocycles. The molecule has 2 rings (SSSR count). The molecule has 1 aromatic heterocycles. The molecule has 1 N–H and O–H groups in total. The fourth-order valence-electron chi connectivity index (χ4n) is 2.96. The highest BCUT2D eigenvalue weighted by Gasteiger charge is 2.28. The van der Waals surface area contributed by atoms with Crippen molar-refractivity contribution in [2.45, 2.75) is 65.8 Å². The van der Waals surface area contributed by atoms with Crippen molar-refractivity contribution in [2.75, 3.05) is 0 Å². The van der Waals surface area contributed by atoms with Crippen molar-refractivity contribution in [1.29, 1.82) is 0 Å². The number of benzene rings is 1. The minimum atomic E-state index is -0.248. The lowest BCUT2D eigenvalue weighted by Gasteiger charge is -2.27. The Labute approximate surface area is 161 Å². The van der Waals surface area contributed by atoms with Crippen molar-refractivity contribution < 1.29 is 14.5 Å². The summed E-state index contributed by atoms with van der Waals surface area (Å²) in [5.74, 6) is 0.345. The predicted molar refractivity (Wildman–Crippen MR) is 109 cm³/mol. The minimum Gasteiger partial charge on any atom is -0.507 e. The Balaban J connectivity index is 2.52. The highest BCUT2D eigenvalue weighted by atomic mass is 32.1. The molecule has 0 spiro atoms. The Kier molecular flexibility index (Phi) is 5.48. The maximum absolute atomic E-state index is 13.0. The van der Waals surface area contributed by atoms with Gasteiger partial charge in [0.15, 0.2) is 5.69 Å². The first-order valence-electron chi connectivity index (χ1n) is 8.87. The van der Waals surface area contributed by atoms with Crippen molar-refractivity contribution in [3.05, 3.63) is 51.5 Å². The number of carbonyl (C=O) groups excluding carboxylic acids is 1. The van der Waals surface area contributed by atoms with Gasteiger partial charge in [-0.2, -0.15) is 4.57 Å². The van der Waals surface area contributed by atoms with Gasteiger partial charge in [0, 0.05) is 23.6 Å². The summed E-state index contributed by atoms with van der Waals surface area (Å²) in [6.07, 6.45) is 1.82. The van der Waals surface area contributed by atoms with Crippen LogP contribution in [0.25, 0.3) is 6.08 Å². The molecule has 1 heterocycles. The fourth-order valence-corrected chi connectivity index (χ4v) is 3.82. The number of aromatic nitrogens is 1. The van der Waals surface area contributed by atoms with Gasteiger partial charge in [0.05, 0.1) is 4.88 Å². The molecule has 0 saturated carbocycles. The standard InChI is InChI=1S/C22H29NO2S/c1-9-19-14(2)23(13-26-19)12-18(24)15-10-16(21(3,4)5)20(25)17(11-15)22(6,7)8/h9-11,13H,1,12H2,2-8H3/p+1. The number of carbonyl (C=O) groups is 1. The third kappa shape index (κ3) is 4.07. The quantitative estimate of drug-likeness (QED) is 0.594. The molecule has 0 saturated heterocycles. The zero-order valence-corrected chi connectivity index (χ0v) is 17.8. The zero-order chi connectivity index (χ0) is 19.9. The highest BCUT2D eigenvalue weighted by molar-refractivity contribution is 7.10. The van der Waals surface area contributed by atoms with Crippen molar-refractivity contribution in [2.24, 2.45) is 0 Å². The van der Waals surface area contributed by atoms with Gasteiger partial charge in [0.25, 0.3) is 0 Å². The van der Waals surface area contributed by atoms with Gasteiger partial charge in [0.1, 0.15) is 5.75 Å². The molecule has 0 bridgehead atoms. The molecule has 0 fully saturated rings. The minimum absolute atomic E-state index is 0.0440. The van der Waals surface area contributed by atoms with Crippen molar-refractivity contribution >= 4 is 23.2 Å². The molecule has 26 heavy (non-hydrogen) atoms. The van der Waals surface area contributed by atoms with E-state index in [2.05, 4.69) is 48.1 Å². The second kappa shape index (κ2) is 6.99. The molecule has 0 aliphatic rings. The second-order valence-electron chi connectivity index (χ2n) is 8.85. The number of phenolic OH excluding ortho intramolecular Hbond substituents is 1. The Morgan fingerprint density at radius 1 is 1.15 bits per heavy atom. The monoisotopic (exact) mass is 372 g/mol. The smallest absolute Gasteiger partial charge is 0.227 e. The van der Waals surface area contributed by atoms with Crippen LogP contribution in [0.4, 0.5) is 0 Å². The molecule has 0 radical (unpaired) electrons. The van der Waals surface area contributed by atoms with Crippen molar-refractivity contribution in [3.8, 4) is 5.75 Å². The van der Waals surface area contributed by atoms with Crippen LogP contribution in [0.2, 0.25) is 0 Å². The van der Waals surface area contributed by atoms with Gasteiger partial charge < -0.3 is 5.11 Å². The molecule has 0 atom stereocenters. The third-order valence-electron chi connectivity index (χ3n) is 4.64. The van der Waals surface area contributed by atoms with E-state index in [9.17, 15) is 9.90 Å². The number of phenols is 1. The molecule has 140 valence electrons. The number of aromatic hydroxyl groups is 1. The van der Waals surface area contributed by atoms with E-state index in [1.807, 2.05) is 35.2 Å². The first kappa shape index (κ1) is 20.4. The molecule has 0 aliphatic carbocycles. The fraction of sp³-hybridized carbons (Fsp3) is 0.455. The van der Waals surface area contributed by atoms with E-state index in [1.54, 1.807) is 11.3 Å². The van der Waals surface area contributed by atoms with Gasteiger partial charge >= 0.3 is 0 Å². The average Bonchev–Trinajstić information content (AvgIpc) is 2.85. The lowest BCUT2D eigenvalue weighted by Crippen LogP contribution is -2.38. The Morgan fingerprint density at radius 3 is 2.04 bits per heavy atom. The van der Waals surface area contributed by atoms with E-state index in [4.69, 9.17) is 0 Å². The van der Waals surface area contributed by atoms with Crippen molar-refractivity contribution in [1.82, 2.24) is 0 Å². The molecule has 2 aromatic rings. The molecule has 1 aromatic carbocycles. The van der Waals surface area contributed by atoms with E-state index < -0.39 is 0 Å². The lowest BCUT2D eigenvalue weighted by molar-refractivity contribution is -0.684. The molecule has 4 heteroatoms. The topological polar surface area (TPSA) is 41.2 Å². The number of nitrogens with zero attached hydrogens (tertiary/aromatic N) is 1. The van der Waals surface area contributed by atoms with Crippen LogP contribution >= 0.6 is 11.3 Å². The van der Waals surface area contributed by atoms with Gasteiger partial charge in [0.2, 0.25) is 17.8 Å². The Hall–Kier alpha value is -1.94. The highest BCUT2D eigenvalue weighted by Crippen LogP contribution is 2.39. The molecular weight excluding hydrogens is 342 g/mol. The van der Waals surface area contributed by atoms with Crippen molar-refractivity contribution in [3.63, 3.8) is 0 Å². The van der Waals surface area contributed by atoms with Gasteiger partial charge in [-0.15, -0.1) is 0 Å². The second-order valence-corrected chi connectivity index (χ2v) is 9.73. The zero-order valence-electron chi connectivity index (χ0n) is 16.9. The number of thiazole rings is 1. The van der Waals surface area contributed by atoms with Gasteiger partial charge in [-0.05, 0) is 29.0 Å². The van der Waals surface area contributed by atoms with Crippen LogP contribution < -0.4 is 4.57 Å². The summed E-state index contributed by atoms with van der Waals surface area (Å²) in [5, 5.41) is 10.8. The third-order valence-corrected chi connectivity index (χ3v) is 5.72. The average molecular weight is 373 g/mol. The van der Waals surface area contributed by atoms with Gasteiger partial charge in [-0.25, -0.2) is 0 Å². The van der Waals surface area contributed by atoms with Crippen LogP contribution in [-0.2, 0) is 17.4 Å². The Bertz CT molecular complexity index is 813. The molecule has 0 amide bonds. The normalized spacial score (nSPS) is 12.3. The summed E-state index contributed by atoms with van der Waals surface area (Å²) in [6, 6.07) is 3.70. The van der Waals surface area contributed by atoms with E-state index >= 15 is 0 Å². The number of hydrogen-bond donors (Lipinski definition) is 1. The summed E-state index contributed by atoms with van der Waals surface area (Å²) >= 11 is 1.58. The SMILES string of the molecule is C=Cc1sc[n+](CC(=O)c2cc(C(C)(C)C)c(O)c(C(C)(C)C)c2)c1C. The summed E-state index contributed by atoms with van der Waals surface area (Å²) < 4.78 is 1.96. The first-order valence-corrected chi connectivity index (χ1v) is 9.75. The van der Waals surface area contributed by atoms with E-state index in [-0.39, 0.29) is 23.2 Å². The maximum Gasteiger partial charge on any atom is 0.227 e. The maximum atomic E-state index is 13.0. The number of Topliss-reactive ketones (excluding diaryl/α,β-unsaturated/α-hetero) is 1. The number of ketones is 1. The van der Waals surface area contributed by atoms with Crippen LogP contribution in [0.5, 0.6) is 5.75 Å². The molecule has 3 nitrogen and oxygen atoms in total. The number of hydrogen-bond acceptors (Lipinski definition) is 3. The largest absolute Gasteiger partial charge is 0.507 e. The van der Waals surface area contributed by atoms with Gasteiger partial charge in [-0.3, -0.25) is 4.79 Å². The van der Waals surface area contributed by atoms with E-state index in [1.165, 1.54) is 0 Å². The summed E-state index contributed by atoms with van der Waals surface area (Å²) in [5.41, 5.74) is 4.78. The summed E-state index contributed by atoms with van der Waals surface area (Å²) in [4.78, 5) is 14.1. The lowest BCUT2D eigenvalue weighted by atomic mass is 9.78. The molecular formula is C22H30NO2S+. The number of rotatable bonds is 4. The summed E-state index contributed by atoms with van der Waals surface area (Å²) in [7, 11) is 0. The van der Waals surface area contributed by atoms with Crippen LogP contribution in [-0.4, -0.2) is 10.9 Å². The Morgan fingerprint density at radius 2 is 1.65 bits per heavy atom. The van der Waals surface area contributed by atoms with Crippen LogP contribution in [0.15, 0.2) is 24.2 Å². The van der Waals surface area contributed by atoms with E-state index in [0.29, 0.717) is 11.3 Å². The van der Waals surface area contributed by atoms with Crippen LogP contribution in [0.1, 0.15) is 73.6 Å². The summed E-state index contributed by atoms with van der Waals surface area (Å²) in [6.45, 7) is 18.4.